The van der Waals surface area contributed by atoms with Crippen molar-refractivity contribution in [1.29, 1.82) is 0 Å². The van der Waals surface area contributed by atoms with Crippen molar-refractivity contribution < 1.29 is 19.1 Å². The molecule has 0 radical (unpaired) electrons. The van der Waals surface area contributed by atoms with Gasteiger partial charge in [-0.05, 0) is 41.6 Å². The number of ketones is 1. The van der Waals surface area contributed by atoms with E-state index in [9.17, 15) is 14.4 Å². The van der Waals surface area contributed by atoms with Crippen molar-refractivity contribution in [3.8, 4) is 0 Å². The molecule has 0 saturated carbocycles. The summed E-state index contributed by atoms with van der Waals surface area (Å²) in [5.41, 5.74) is 2.38. The molecule has 3 aromatic rings. The summed E-state index contributed by atoms with van der Waals surface area (Å²) in [4.78, 5) is 37.1. The molecule has 1 aromatic heterocycles. The number of amides is 1. The summed E-state index contributed by atoms with van der Waals surface area (Å²) in [6.45, 7) is 1.70. The van der Waals surface area contributed by atoms with Gasteiger partial charge in [-0.15, -0.1) is 11.3 Å². The van der Waals surface area contributed by atoms with Gasteiger partial charge in [0.05, 0.1) is 10.4 Å². The second-order valence-electron chi connectivity index (χ2n) is 6.06. The molecule has 0 aliphatic rings. The topological polar surface area (TPSA) is 72.5 Å². The first kappa shape index (κ1) is 19.5. The summed E-state index contributed by atoms with van der Waals surface area (Å²) in [6, 6.07) is 17.2. The number of thiophene rings is 1. The Balaban J connectivity index is 1.59. The van der Waals surface area contributed by atoms with E-state index in [0.717, 1.165) is 12.0 Å². The first-order valence-electron chi connectivity index (χ1n) is 8.81. The van der Waals surface area contributed by atoms with Crippen LogP contribution in [0.5, 0.6) is 0 Å². The number of nitrogens with one attached hydrogen (secondary N) is 1. The Kier molecular flexibility index (Phi) is 6.34. The molecule has 1 N–H and O–H groups in total. The number of ether oxygens (including phenoxy) is 1. The van der Waals surface area contributed by atoms with E-state index in [-0.39, 0.29) is 23.9 Å². The van der Waals surface area contributed by atoms with Crippen LogP contribution in [-0.4, -0.2) is 24.3 Å². The highest BCUT2D eigenvalue weighted by Crippen LogP contribution is 2.16. The first-order chi connectivity index (χ1) is 13.6. The third-order valence-electron chi connectivity index (χ3n) is 4.12. The zero-order valence-corrected chi connectivity index (χ0v) is 16.1. The Morgan fingerprint density at radius 1 is 0.964 bits per heavy atom. The number of anilines is 1. The van der Waals surface area contributed by atoms with Crippen molar-refractivity contribution in [2.24, 2.45) is 0 Å². The van der Waals surface area contributed by atoms with E-state index >= 15 is 0 Å². The number of rotatable bonds is 7. The van der Waals surface area contributed by atoms with E-state index < -0.39 is 5.97 Å². The maximum absolute atomic E-state index is 12.3. The minimum Gasteiger partial charge on any atom is -0.454 e. The van der Waals surface area contributed by atoms with Gasteiger partial charge in [0.25, 0.3) is 5.91 Å². The highest BCUT2D eigenvalue weighted by Gasteiger charge is 2.13. The zero-order valence-electron chi connectivity index (χ0n) is 15.3. The molecule has 28 heavy (non-hydrogen) atoms. The van der Waals surface area contributed by atoms with Crippen LogP contribution in [0.15, 0.2) is 66.0 Å². The van der Waals surface area contributed by atoms with Crippen molar-refractivity contribution in [3.63, 3.8) is 0 Å². The second kappa shape index (κ2) is 9.10. The van der Waals surface area contributed by atoms with Gasteiger partial charge in [0.2, 0.25) is 0 Å². The third kappa shape index (κ3) is 4.92. The van der Waals surface area contributed by atoms with Gasteiger partial charge >= 0.3 is 5.97 Å². The van der Waals surface area contributed by atoms with E-state index in [1.807, 2.05) is 24.4 Å². The van der Waals surface area contributed by atoms with Gasteiger partial charge in [-0.3, -0.25) is 9.59 Å². The van der Waals surface area contributed by atoms with Gasteiger partial charge in [0.15, 0.2) is 12.4 Å². The summed E-state index contributed by atoms with van der Waals surface area (Å²) >= 11 is 1.33. The SMILES string of the molecule is CCc1ccc(C(=O)COC(=O)c2cccc(NC(=O)c3cccs3)c2)cc1. The Hall–Kier alpha value is -3.25. The molecule has 0 aliphatic heterocycles. The lowest BCUT2D eigenvalue weighted by Crippen LogP contribution is -2.15. The second-order valence-corrected chi connectivity index (χ2v) is 7.01. The highest BCUT2D eigenvalue weighted by molar-refractivity contribution is 7.12. The number of carbonyl (C=O) groups excluding carboxylic acids is 3. The van der Waals surface area contributed by atoms with Crippen molar-refractivity contribution >= 4 is 34.7 Å². The van der Waals surface area contributed by atoms with Gasteiger partial charge in [-0.25, -0.2) is 4.79 Å². The van der Waals surface area contributed by atoms with E-state index in [2.05, 4.69) is 5.32 Å². The molecule has 1 amide bonds. The van der Waals surface area contributed by atoms with Crippen LogP contribution in [0.2, 0.25) is 0 Å². The van der Waals surface area contributed by atoms with E-state index in [1.165, 1.54) is 17.4 Å². The normalized spacial score (nSPS) is 10.3. The number of aryl methyl sites for hydroxylation is 1. The lowest BCUT2D eigenvalue weighted by atomic mass is 10.1. The quantitative estimate of drug-likeness (QED) is 0.470. The molecule has 0 aliphatic carbocycles. The van der Waals surface area contributed by atoms with E-state index in [1.54, 1.807) is 42.5 Å². The first-order valence-corrected chi connectivity index (χ1v) is 9.69. The molecule has 6 heteroatoms. The molecule has 0 fully saturated rings. The van der Waals surface area contributed by atoms with Crippen LogP contribution in [0.3, 0.4) is 0 Å². The zero-order chi connectivity index (χ0) is 19.9. The molecular weight excluding hydrogens is 374 g/mol. The minimum atomic E-state index is -0.620. The molecule has 0 atom stereocenters. The molecule has 0 saturated heterocycles. The fourth-order valence-corrected chi connectivity index (χ4v) is 3.17. The molecule has 0 spiro atoms. The Bertz CT molecular complexity index is 978. The minimum absolute atomic E-state index is 0.244. The summed E-state index contributed by atoms with van der Waals surface area (Å²) in [7, 11) is 0. The van der Waals surface area contributed by atoms with Gasteiger partial charge < -0.3 is 10.1 Å². The molecule has 2 aromatic carbocycles. The summed E-state index contributed by atoms with van der Waals surface area (Å²) in [5, 5.41) is 4.55. The molecule has 0 unspecified atom stereocenters. The van der Waals surface area contributed by atoms with E-state index in [4.69, 9.17) is 4.74 Å². The average Bonchev–Trinajstić information content (AvgIpc) is 3.27. The van der Waals surface area contributed by atoms with Crippen LogP contribution in [0.4, 0.5) is 5.69 Å². The van der Waals surface area contributed by atoms with Crippen LogP contribution < -0.4 is 5.32 Å². The number of hydrogen-bond acceptors (Lipinski definition) is 5. The molecular formula is C22H19NO4S. The van der Waals surface area contributed by atoms with Crippen LogP contribution in [0, 0.1) is 0 Å². The largest absolute Gasteiger partial charge is 0.454 e. The molecule has 0 bridgehead atoms. The third-order valence-corrected chi connectivity index (χ3v) is 4.99. The predicted molar refractivity (Wildman–Crippen MR) is 109 cm³/mol. The molecule has 142 valence electrons. The fourth-order valence-electron chi connectivity index (χ4n) is 2.55. The standard InChI is InChI=1S/C22H19NO4S/c1-2-15-8-10-16(11-9-15)19(24)14-27-22(26)17-5-3-6-18(13-17)23-21(25)20-7-4-12-28-20/h3-13H,2,14H2,1H3,(H,23,25). The molecule has 5 nitrogen and oxygen atoms in total. The van der Waals surface area contributed by atoms with E-state index in [0.29, 0.717) is 16.1 Å². The number of carbonyl (C=O) groups is 3. The summed E-state index contributed by atoms with van der Waals surface area (Å²) in [6.07, 6.45) is 0.892. The lowest BCUT2D eigenvalue weighted by molar-refractivity contribution is 0.0474. The predicted octanol–water partition coefficient (Wildman–Crippen LogP) is 4.60. The smallest absolute Gasteiger partial charge is 0.338 e. The summed E-state index contributed by atoms with van der Waals surface area (Å²) in [5.74, 6) is -1.13. The number of benzene rings is 2. The summed E-state index contributed by atoms with van der Waals surface area (Å²) < 4.78 is 5.13. The average molecular weight is 393 g/mol. The molecule has 3 rings (SSSR count). The maximum Gasteiger partial charge on any atom is 0.338 e. The molecule has 1 heterocycles. The van der Waals surface area contributed by atoms with Crippen LogP contribution in [0.1, 0.15) is 42.9 Å². The fraction of sp³-hybridized carbons (Fsp3) is 0.136. The van der Waals surface area contributed by atoms with Crippen molar-refractivity contribution in [1.82, 2.24) is 0 Å². The monoisotopic (exact) mass is 393 g/mol. The number of hydrogen-bond donors (Lipinski definition) is 1. The number of esters is 1. The Morgan fingerprint density at radius 3 is 2.43 bits per heavy atom. The van der Waals surface area contributed by atoms with Crippen molar-refractivity contribution in [2.45, 2.75) is 13.3 Å². The highest BCUT2D eigenvalue weighted by atomic mass is 32.1. The Labute approximate surface area is 167 Å². The van der Waals surface area contributed by atoms with Gasteiger partial charge in [0, 0.05) is 11.3 Å². The van der Waals surface area contributed by atoms with Gasteiger partial charge in [-0.1, -0.05) is 43.3 Å². The van der Waals surface area contributed by atoms with Crippen LogP contribution in [-0.2, 0) is 11.2 Å². The van der Waals surface area contributed by atoms with Gasteiger partial charge in [-0.2, -0.15) is 0 Å². The van der Waals surface area contributed by atoms with Crippen LogP contribution >= 0.6 is 11.3 Å². The Morgan fingerprint density at radius 2 is 1.75 bits per heavy atom. The van der Waals surface area contributed by atoms with Crippen molar-refractivity contribution in [3.05, 3.63) is 87.6 Å². The number of Topliss-reactive ketones (excluding diaryl/α,β-unsaturated/α-hetero) is 1. The lowest BCUT2D eigenvalue weighted by Gasteiger charge is -2.08. The van der Waals surface area contributed by atoms with Crippen molar-refractivity contribution in [2.75, 3.05) is 11.9 Å². The maximum atomic E-state index is 12.3. The van der Waals surface area contributed by atoms with Gasteiger partial charge in [0.1, 0.15) is 0 Å². The van der Waals surface area contributed by atoms with Crippen LogP contribution in [0.25, 0.3) is 0 Å².